The maximum atomic E-state index is 6.14. The summed E-state index contributed by atoms with van der Waals surface area (Å²) in [5.41, 5.74) is 3.00. The Bertz CT molecular complexity index is 578. The third kappa shape index (κ3) is 2.70. The van der Waals surface area contributed by atoms with E-state index in [2.05, 4.69) is 54.2 Å². The van der Waals surface area contributed by atoms with Gasteiger partial charge in [0.15, 0.2) is 12.0 Å². The largest absolute Gasteiger partial charge is 0.467 e. The number of hydrogen-bond acceptors (Lipinski definition) is 4. The van der Waals surface area contributed by atoms with E-state index in [0.29, 0.717) is 5.92 Å². The summed E-state index contributed by atoms with van der Waals surface area (Å²) in [7, 11) is 0. The van der Waals surface area contributed by atoms with Crippen molar-refractivity contribution in [2.24, 2.45) is 5.92 Å². The van der Waals surface area contributed by atoms with Gasteiger partial charge in [0.1, 0.15) is 0 Å². The van der Waals surface area contributed by atoms with Gasteiger partial charge in [0.2, 0.25) is 0 Å². The van der Waals surface area contributed by atoms with E-state index in [9.17, 15) is 0 Å². The zero-order valence-corrected chi connectivity index (χ0v) is 12.5. The average Bonchev–Trinajstić information content (AvgIpc) is 3.08. The number of rotatable bonds is 4. The predicted molar refractivity (Wildman–Crippen MR) is 83.3 cm³/mol. The van der Waals surface area contributed by atoms with Gasteiger partial charge in [-0.1, -0.05) is 32.0 Å². The van der Waals surface area contributed by atoms with Crippen LogP contribution in [0.25, 0.3) is 5.76 Å². The molecule has 0 spiro atoms. The molecule has 0 fully saturated rings. The number of anilines is 1. The van der Waals surface area contributed by atoms with Crippen LogP contribution in [0.15, 0.2) is 48.2 Å². The van der Waals surface area contributed by atoms with Gasteiger partial charge in [-0.3, -0.25) is 4.98 Å². The fourth-order valence-corrected chi connectivity index (χ4v) is 2.88. The van der Waals surface area contributed by atoms with Gasteiger partial charge >= 0.3 is 0 Å². The molecule has 1 aromatic heterocycles. The highest BCUT2D eigenvalue weighted by Crippen LogP contribution is 2.34. The molecule has 1 atom stereocenters. The van der Waals surface area contributed by atoms with Crippen LogP contribution in [0.5, 0.6) is 0 Å². The molecule has 3 rings (SSSR count). The van der Waals surface area contributed by atoms with Crippen LogP contribution in [0.3, 0.4) is 0 Å². The molecule has 0 radical (unpaired) electrons. The molecule has 1 aromatic carbocycles. The Morgan fingerprint density at radius 3 is 2.75 bits per heavy atom. The average molecular weight is 286 g/mol. The topological polar surface area (TPSA) is 25.4 Å². The number of para-hydroxylation sites is 1. The van der Waals surface area contributed by atoms with E-state index in [1.165, 1.54) is 0 Å². The molecule has 0 bridgehead atoms. The Hall–Kier alpha value is -1.81. The smallest absolute Gasteiger partial charge is 0.176 e. The lowest BCUT2D eigenvalue weighted by atomic mass is 10.1. The fraction of sp³-hybridized carbons (Fsp3) is 0.312. The molecule has 1 aliphatic rings. The lowest BCUT2D eigenvalue weighted by Crippen LogP contribution is -2.29. The van der Waals surface area contributed by atoms with Gasteiger partial charge in [-0.2, -0.15) is 0 Å². The third-order valence-electron chi connectivity index (χ3n) is 3.23. The quantitative estimate of drug-likeness (QED) is 0.835. The molecule has 3 nitrogen and oxygen atoms in total. The standard InChI is InChI=1S/C16H18N2OS/c1-12(2)8-16-18(13-6-4-3-5-7-13)10-14(19-16)15-9-17-11-20-15/h3-7,9-12,16H,8H2,1-2H3. The van der Waals surface area contributed by atoms with E-state index >= 15 is 0 Å². The molecule has 4 heteroatoms. The molecule has 0 N–H and O–H groups in total. The first-order chi connectivity index (χ1) is 9.74. The van der Waals surface area contributed by atoms with Crippen molar-refractivity contribution in [3.05, 3.63) is 53.1 Å². The minimum Gasteiger partial charge on any atom is -0.467 e. The second kappa shape index (κ2) is 5.67. The summed E-state index contributed by atoms with van der Waals surface area (Å²) < 4.78 is 6.14. The molecule has 2 heterocycles. The minimum atomic E-state index is 0.0644. The van der Waals surface area contributed by atoms with Gasteiger partial charge in [0, 0.05) is 18.3 Å². The van der Waals surface area contributed by atoms with Crippen molar-refractivity contribution in [1.82, 2.24) is 4.98 Å². The van der Waals surface area contributed by atoms with Crippen LogP contribution in [-0.2, 0) is 4.74 Å². The molecule has 0 saturated heterocycles. The second-order valence-electron chi connectivity index (χ2n) is 5.30. The first-order valence-corrected chi connectivity index (χ1v) is 7.72. The van der Waals surface area contributed by atoms with Gasteiger partial charge in [-0.05, 0) is 18.1 Å². The van der Waals surface area contributed by atoms with Crippen molar-refractivity contribution in [3.63, 3.8) is 0 Å². The number of ether oxygens (including phenoxy) is 1. The highest BCUT2D eigenvalue weighted by molar-refractivity contribution is 7.10. The van der Waals surface area contributed by atoms with Crippen LogP contribution < -0.4 is 4.90 Å². The Kier molecular flexibility index (Phi) is 3.74. The number of benzene rings is 1. The molecule has 104 valence electrons. The normalized spacial score (nSPS) is 18.2. The Morgan fingerprint density at radius 2 is 2.10 bits per heavy atom. The summed E-state index contributed by atoms with van der Waals surface area (Å²) in [6.45, 7) is 4.44. The maximum Gasteiger partial charge on any atom is 0.176 e. The summed E-state index contributed by atoms with van der Waals surface area (Å²) in [4.78, 5) is 7.43. The van der Waals surface area contributed by atoms with E-state index in [4.69, 9.17) is 4.74 Å². The van der Waals surface area contributed by atoms with Crippen LogP contribution in [-0.4, -0.2) is 11.2 Å². The van der Waals surface area contributed by atoms with E-state index in [1.54, 1.807) is 11.3 Å². The van der Waals surface area contributed by atoms with Gasteiger partial charge in [-0.25, -0.2) is 0 Å². The lowest BCUT2D eigenvalue weighted by molar-refractivity contribution is 0.166. The van der Waals surface area contributed by atoms with E-state index in [-0.39, 0.29) is 6.23 Å². The van der Waals surface area contributed by atoms with Gasteiger partial charge < -0.3 is 9.64 Å². The van der Waals surface area contributed by atoms with Crippen LogP contribution in [0.2, 0.25) is 0 Å². The van der Waals surface area contributed by atoms with Crippen molar-refractivity contribution >= 4 is 22.8 Å². The van der Waals surface area contributed by atoms with Crippen molar-refractivity contribution < 1.29 is 4.74 Å². The van der Waals surface area contributed by atoms with Crippen LogP contribution in [0, 0.1) is 5.92 Å². The lowest BCUT2D eigenvalue weighted by Gasteiger charge is -2.25. The predicted octanol–water partition coefficient (Wildman–Crippen LogP) is 4.35. The Labute approximate surface area is 123 Å². The van der Waals surface area contributed by atoms with Crippen LogP contribution in [0.4, 0.5) is 5.69 Å². The number of aromatic nitrogens is 1. The molecule has 0 amide bonds. The summed E-state index contributed by atoms with van der Waals surface area (Å²) in [6, 6.07) is 10.4. The fourth-order valence-electron chi connectivity index (χ4n) is 2.31. The molecule has 0 saturated carbocycles. The molecule has 20 heavy (non-hydrogen) atoms. The molecule has 2 aromatic rings. The van der Waals surface area contributed by atoms with Crippen molar-refractivity contribution in [3.8, 4) is 0 Å². The highest BCUT2D eigenvalue weighted by Gasteiger charge is 2.28. The first-order valence-electron chi connectivity index (χ1n) is 6.85. The molecule has 1 aliphatic heterocycles. The highest BCUT2D eigenvalue weighted by atomic mass is 32.1. The molecular formula is C16H18N2OS. The van der Waals surface area contributed by atoms with Crippen molar-refractivity contribution in [2.75, 3.05) is 4.90 Å². The van der Waals surface area contributed by atoms with Crippen LogP contribution in [0.1, 0.15) is 25.1 Å². The number of hydrogen-bond donors (Lipinski definition) is 0. The summed E-state index contributed by atoms with van der Waals surface area (Å²) in [6.07, 6.45) is 5.01. The van der Waals surface area contributed by atoms with E-state index in [0.717, 1.165) is 22.7 Å². The number of thiazole rings is 1. The van der Waals surface area contributed by atoms with Gasteiger partial charge in [0.25, 0.3) is 0 Å². The molecule has 1 unspecified atom stereocenters. The summed E-state index contributed by atoms with van der Waals surface area (Å²) >= 11 is 1.61. The second-order valence-corrected chi connectivity index (χ2v) is 6.19. The van der Waals surface area contributed by atoms with E-state index in [1.807, 2.05) is 17.8 Å². The zero-order valence-electron chi connectivity index (χ0n) is 11.7. The Morgan fingerprint density at radius 1 is 1.30 bits per heavy atom. The minimum absolute atomic E-state index is 0.0644. The van der Waals surface area contributed by atoms with Crippen molar-refractivity contribution in [1.29, 1.82) is 0 Å². The van der Waals surface area contributed by atoms with Crippen LogP contribution >= 0.6 is 11.3 Å². The van der Waals surface area contributed by atoms with E-state index < -0.39 is 0 Å². The first kappa shape index (κ1) is 13.2. The SMILES string of the molecule is CC(C)CC1OC(c2cncs2)=CN1c1ccccc1. The molecular weight excluding hydrogens is 268 g/mol. The van der Waals surface area contributed by atoms with Crippen molar-refractivity contribution in [2.45, 2.75) is 26.5 Å². The third-order valence-corrected chi connectivity index (χ3v) is 4.02. The molecule has 0 aliphatic carbocycles. The zero-order chi connectivity index (χ0) is 13.9. The number of nitrogens with zero attached hydrogens (tertiary/aromatic N) is 2. The summed E-state index contributed by atoms with van der Waals surface area (Å²) in [5, 5.41) is 0. The van der Waals surface area contributed by atoms with Gasteiger partial charge in [-0.15, -0.1) is 11.3 Å². The monoisotopic (exact) mass is 286 g/mol. The Balaban J connectivity index is 1.90. The summed E-state index contributed by atoms with van der Waals surface area (Å²) in [5.74, 6) is 1.50. The van der Waals surface area contributed by atoms with Gasteiger partial charge in [0.05, 0.1) is 16.6 Å². The maximum absolute atomic E-state index is 6.14.